The van der Waals surface area contributed by atoms with Crippen molar-refractivity contribution in [3.05, 3.63) is 23.5 Å². The average Bonchev–Trinajstić information content (AvgIpc) is 2.40. The van der Waals surface area contributed by atoms with E-state index in [4.69, 9.17) is 5.73 Å². The van der Waals surface area contributed by atoms with Gasteiger partial charge >= 0.3 is 0 Å². The largest absolute Gasteiger partial charge is 0.398 e. The second-order valence-corrected chi connectivity index (χ2v) is 6.41. The van der Waals surface area contributed by atoms with E-state index in [0.717, 1.165) is 10.4 Å². The van der Waals surface area contributed by atoms with Gasteiger partial charge in [-0.25, -0.2) is 17.1 Å². The molecule has 20 heavy (non-hydrogen) atoms. The van der Waals surface area contributed by atoms with E-state index < -0.39 is 15.8 Å². The number of halogens is 1. The molecule has 1 amide bonds. The molecule has 0 saturated carbocycles. The summed E-state index contributed by atoms with van der Waals surface area (Å²) in [5.74, 6) is -0.954. The Labute approximate surface area is 117 Å². The fourth-order valence-corrected chi connectivity index (χ4v) is 2.73. The van der Waals surface area contributed by atoms with E-state index in [1.54, 1.807) is 0 Å². The number of rotatable bonds is 5. The van der Waals surface area contributed by atoms with Crippen molar-refractivity contribution >= 4 is 21.6 Å². The van der Waals surface area contributed by atoms with E-state index in [-0.39, 0.29) is 35.0 Å². The van der Waals surface area contributed by atoms with Gasteiger partial charge in [0.2, 0.25) is 15.9 Å². The van der Waals surface area contributed by atoms with Crippen molar-refractivity contribution in [1.29, 1.82) is 0 Å². The summed E-state index contributed by atoms with van der Waals surface area (Å²) in [5.41, 5.74) is 5.85. The molecular weight excluding hydrogens is 285 g/mol. The highest BCUT2D eigenvalue weighted by Gasteiger charge is 2.23. The molecule has 0 fully saturated rings. The maximum Gasteiger partial charge on any atom is 0.243 e. The summed E-state index contributed by atoms with van der Waals surface area (Å²) in [5, 5.41) is 2.40. The molecule has 0 unspecified atom stereocenters. The van der Waals surface area contributed by atoms with Crippen LogP contribution in [0, 0.1) is 12.7 Å². The van der Waals surface area contributed by atoms with Crippen LogP contribution in [0.15, 0.2) is 17.0 Å². The predicted octanol–water partition coefficient (Wildman–Crippen LogP) is 0.473. The fraction of sp³-hybridized carbons (Fsp3) is 0.417. The lowest BCUT2D eigenvalue weighted by Gasteiger charge is -2.17. The van der Waals surface area contributed by atoms with Crippen LogP contribution >= 0.6 is 0 Å². The van der Waals surface area contributed by atoms with E-state index in [1.807, 2.05) is 0 Å². The van der Waals surface area contributed by atoms with Crippen molar-refractivity contribution in [2.45, 2.75) is 18.2 Å². The van der Waals surface area contributed by atoms with E-state index in [0.29, 0.717) is 0 Å². The van der Waals surface area contributed by atoms with Gasteiger partial charge in [-0.05, 0) is 19.1 Å². The standard InChI is InChI=1S/C12H18FN3O3S/c1-8-10(13)6-9(7-11(8)14)20(18,19)16(3)5-4-12(17)15-2/h6-7H,4-5,14H2,1-3H3,(H,15,17). The van der Waals surface area contributed by atoms with Gasteiger partial charge in [0.05, 0.1) is 4.90 Å². The summed E-state index contributed by atoms with van der Waals surface area (Å²) in [7, 11) is -1.08. The lowest BCUT2D eigenvalue weighted by Crippen LogP contribution is -2.31. The normalized spacial score (nSPS) is 11.7. The van der Waals surface area contributed by atoms with Gasteiger partial charge in [-0.15, -0.1) is 0 Å². The van der Waals surface area contributed by atoms with Crippen LogP contribution in [0.1, 0.15) is 12.0 Å². The molecule has 0 heterocycles. The fourth-order valence-electron chi connectivity index (χ4n) is 1.51. The number of carbonyl (C=O) groups is 1. The summed E-state index contributed by atoms with van der Waals surface area (Å²) in [6.07, 6.45) is 0.0239. The second kappa shape index (κ2) is 6.19. The molecule has 6 nitrogen and oxygen atoms in total. The van der Waals surface area contributed by atoms with Crippen LogP contribution in [0.2, 0.25) is 0 Å². The first-order chi connectivity index (χ1) is 9.20. The summed E-state index contributed by atoms with van der Waals surface area (Å²) < 4.78 is 39.0. The Morgan fingerprint density at radius 2 is 2.05 bits per heavy atom. The van der Waals surface area contributed by atoms with Crippen LogP contribution in [0.4, 0.5) is 10.1 Å². The van der Waals surface area contributed by atoms with Gasteiger partial charge in [-0.3, -0.25) is 4.79 Å². The molecule has 0 bridgehead atoms. The number of nitrogens with one attached hydrogen (secondary N) is 1. The number of hydrogen-bond acceptors (Lipinski definition) is 4. The van der Waals surface area contributed by atoms with Crippen LogP contribution in [-0.4, -0.2) is 39.3 Å². The number of hydrogen-bond donors (Lipinski definition) is 2. The Kier molecular flexibility index (Phi) is 5.07. The molecule has 1 rings (SSSR count). The highest BCUT2D eigenvalue weighted by molar-refractivity contribution is 7.89. The minimum Gasteiger partial charge on any atom is -0.398 e. The molecule has 0 saturated heterocycles. The Balaban J connectivity index is 3.01. The number of nitrogens with two attached hydrogens (primary N) is 1. The molecule has 0 atom stereocenters. The Morgan fingerprint density at radius 3 is 2.55 bits per heavy atom. The molecule has 0 spiro atoms. The summed E-state index contributed by atoms with van der Waals surface area (Å²) in [6, 6.07) is 2.14. The third kappa shape index (κ3) is 3.45. The number of benzene rings is 1. The Hall–Kier alpha value is -1.67. The maximum atomic E-state index is 13.6. The number of carbonyl (C=O) groups excluding carboxylic acids is 1. The third-order valence-corrected chi connectivity index (χ3v) is 4.83. The highest BCUT2D eigenvalue weighted by Crippen LogP contribution is 2.23. The van der Waals surface area contributed by atoms with Gasteiger partial charge < -0.3 is 11.1 Å². The first-order valence-electron chi connectivity index (χ1n) is 5.92. The number of nitrogens with zero attached hydrogens (tertiary/aromatic N) is 1. The third-order valence-electron chi connectivity index (χ3n) is 3.00. The Morgan fingerprint density at radius 1 is 1.45 bits per heavy atom. The van der Waals surface area contributed by atoms with Crippen LogP contribution in [-0.2, 0) is 14.8 Å². The zero-order valence-corrected chi connectivity index (χ0v) is 12.4. The van der Waals surface area contributed by atoms with Gasteiger partial charge in [0.1, 0.15) is 5.82 Å². The van der Waals surface area contributed by atoms with E-state index in [2.05, 4.69) is 5.32 Å². The van der Waals surface area contributed by atoms with Crippen LogP contribution < -0.4 is 11.1 Å². The molecule has 0 aliphatic carbocycles. The summed E-state index contributed by atoms with van der Waals surface area (Å²) in [6.45, 7) is 1.47. The first-order valence-corrected chi connectivity index (χ1v) is 7.36. The highest BCUT2D eigenvalue weighted by atomic mass is 32.2. The lowest BCUT2D eigenvalue weighted by molar-refractivity contribution is -0.120. The van der Waals surface area contributed by atoms with Crippen molar-refractivity contribution < 1.29 is 17.6 Å². The van der Waals surface area contributed by atoms with Crippen molar-refractivity contribution in [3.8, 4) is 0 Å². The van der Waals surface area contributed by atoms with Gasteiger partial charge in [-0.2, -0.15) is 0 Å². The number of amides is 1. The molecule has 112 valence electrons. The quantitative estimate of drug-likeness (QED) is 0.774. The van der Waals surface area contributed by atoms with Gasteiger partial charge in [-0.1, -0.05) is 0 Å². The predicted molar refractivity (Wildman–Crippen MR) is 74.0 cm³/mol. The van der Waals surface area contributed by atoms with Crippen molar-refractivity contribution in [2.24, 2.45) is 0 Å². The monoisotopic (exact) mass is 303 g/mol. The molecule has 0 aliphatic heterocycles. The van der Waals surface area contributed by atoms with Gasteiger partial charge in [0.25, 0.3) is 0 Å². The number of anilines is 1. The van der Waals surface area contributed by atoms with Crippen molar-refractivity contribution in [3.63, 3.8) is 0 Å². The maximum absolute atomic E-state index is 13.6. The zero-order chi connectivity index (χ0) is 15.5. The summed E-state index contributed by atoms with van der Waals surface area (Å²) in [4.78, 5) is 10.9. The van der Waals surface area contributed by atoms with Crippen molar-refractivity contribution in [1.82, 2.24) is 9.62 Å². The molecule has 0 aliphatic rings. The lowest BCUT2D eigenvalue weighted by atomic mass is 10.2. The van der Waals surface area contributed by atoms with Crippen LogP contribution in [0.25, 0.3) is 0 Å². The number of sulfonamides is 1. The first kappa shape index (κ1) is 16.4. The molecule has 1 aromatic rings. The summed E-state index contributed by atoms with van der Waals surface area (Å²) >= 11 is 0. The molecular formula is C12H18FN3O3S. The Bertz CT molecular complexity index is 593. The van der Waals surface area contributed by atoms with E-state index >= 15 is 0 Å². The topological polar surface area (TPSA) is 92.5 Å². The van der Waals surface area contributed by atoms with Crippen LogP contribution in [0.5, 0.6) is 0 Å². The SMILES string of the molecule is CNC(=O)CCN(C)S(=O)(=O)c1cc(N)c(C)c(F)c1. The van der Waals surface area contributed by atoms with Gasteiger partial charge in [0, 0.05) is 38.3 Å². The molecule has 8 heteroatoms. The van der Waals surface area contributed by atoms with E-state index in [1.165, 1.54) is 27.1 Å². The number of nitrogen functional groups attached to an aromatic ring is 1. The van der Waals surface area contributed by atoms with E-state index in [9.17, 15) is 17.6 Å². The zero-order valence-electron chi connectivity index (χ0n) is 11.6. The second-order valence-electron chi connectivity index (χ2n) is 4.37. The minimum absolute atomic E-state index is 0.00257. The van der Waals surface area contributed by atoms with Crippen molar-refractivity contribution in [2.75, 3.05) is 26.4 Å². The minimum atomic E-state index is -3.87. The smallest absolute Gasteiger partial charge is 0.243 e. The van der Waals surface area contributed by atoms with Gasteiger partial charge in [0.15, 0.2) is 0 Å². The molecule has 0 radical (unpaired) electrons. The molecule has 0 aromatic heterocycles. The molecule has 1 aromatic carbocycles. The van der Waals surface area contributed by atoms with Crippen LogP contribution in [0.3, 0.4) is 0 Å². The average molecular weight is 303 g/mol. The molecule has 3 N–H and O–H groups in total.